The summed E-state index contributed by atoms with van der Waals surface area (Å²) in [5.74, 6) is -4.61. The number of nitrogens with two attached hydrogens (primary N) is 1. The number of aliphatic hydroxyl groups is 4. The molecule has 1 fully saturated rings. The first kappa shape index (κ1) is 27.2. The van der Waals surface area contributed by atoms with Gasteiger partial charge in [-0.2, -0.15) is 0 Å². The van der Waals surface area contributed by atoms with Crippen LogP contribution in [0, 0.1) is 5.92 Å². The molecule has 188 valence electrons. The Hall–Kier alpha value is -3.06. The van der Waals surface area contributed by atoms with Gasteiger partial charge < -0.3 is 41.5 Å². The quantitative estimate of drug-likeness (QED) is 0.191. The summed E-state index contributed by atoms with van der Waals surface area (Å²) >= 11 is 0. The second kappa shape index (κ2) is 11.4. The fraction of sp³-hybridized carbons (Fsp3) is 0.545. The highest BCUT2D eigenvalue weighted by molar-refractivity contribution is 5.94. The minimum atomic E-state index is -1.74. The van der Waals surface area contributed by atoms with Crippen molar-refractivity contribution in [3.8, 4) is 5.75 Å². The van der Waals surface area contributed by atoms with E-state index in [1.807, 2.05) is 0 Å². The van der Waals surface area contributed by atoms with Crippen LogP contribution in [0.2, 0.25) is 0 Å². The molecule has 1 aliphatic rings. The lowest BCUT2D eigenvalue weighted by Gasteiger charge is -2.32. The van der Waals surface area contributed by atoms with Gasteiger partial charge in [0.25, 0.3) is 0 Å². The third kappa shape index (κ3) is 6.29. The maximum atomic E-state index is 13.1. The van der Waals surface area contributed by atoms with Gasteiger partial charge in [0.1, 0.15) is 23.9 Å². The first-order valence-electron chi connectivity index (χ1n) is 10.8. The Balaban J connectivity index is 2.21. The van der Waals surface area contributed by atoms with Crippen LogP contribution < -0.4 is 11.1 Å². The number of amides is 3. The van der Waals surface area contributed by atoms with Gasteiger partial charge in [-0.05, 0) is 31.0 Å². The highest BCUT2D eigenvalue weighted by Gasteiger charge is 2.44. The summed E-state index contributed by atoms with van der Waals surface area (Å²) in [6, 6.07) is 2.43. The van der Waals surface area contributed by atoms with Crippen molar-refractivity contribution in [3.63, 3.8) is 0 Å². The van der Waals surface area contributed by atoms with Gasteiger partial charge in [-0.1, -0.05) is 19.1 Å². The number of hydrogen-bond donors (Lipinski definition) is 7. The maximum absolute atomic E-state index is 13.1. The molecule has 1 unspecified atom stereocenters. The molecular formula is C22H31N3O9. The summed E-state index contributed by atoms with van der Waals surface area (Å²) in [7, 11) is 0. The molecule has 1 aromatic carbocycles. The number of rotatable bonds is 10. The Kier molecular flexibility index (Phi) is 9.10. The van der Waals surface area contributed by atoms with E-state index >= 15 is 0 Å². The molecule has 2 rings (SSSR count). The van der Waals surface area contributed by atoms with Crippen LogP contribution in [0.25, 0.3) is 0 Å². The molecule has 0 bridgehead atoms. The number of aliphatic hydroxyl groups excluding tert-OH is 4. The molecule has 0 aliphatic carbocycles. The van der Waals surface area contributed by atoms with Crippen LogP contribution in [0.5, 0.6) is 5.75 Å². The van der Waals surface area contributed by atoms with E-state index in [9.17, 15) is 44.7 Å². The standard InChI is InChI=1S/C22H31N3O9/c1-10(19(31)20(32)12-3-5-13(27)6-4-12)21(33)24-17(15(29)9-16(23)30)22(34)25-8-7-14(28)18(25)11(2)26/h3-6,10,14-15,17-20,27-29,31-32H,7-9H2,1-2H3,(H2,23,30)(H,24,33)/t10-,14?,15+,17-,18+,19-,20-/m0/s1. The summed E-state index contributed by atoms with van der Waals surface area (Å²) in [5.41, 5.74) is 5.34. The Morgan fingerprint density at radius 3 is 2.26 bits per heavy atom. The van der Waals surface area contributed by atoms with Gasteiger partial charge in [0.05, 0.1) is 30.7 Å². The zero-order valence-corrected chi connectivity index (χ0v) is 18.9. The molecule has 12 nitrogen and oxygen atoms in total. The highest BCUT2D eigenvalue weighted by Crippen LogP contribution is 2.25. The Bertz CT molecular complexity index is 907. The van der Waals surface area contributed by atoms with Crippen molar-refractivity contribution in [3.05, 3.63) is 29.8 Å². The van der Waals surface area contributed by atoms with E-state index < -0.39 is 72.3 Å². The molecule has 7 atom stereocenters. The van der Waals surface area contributed by atoms with Crippen molar-refractivity contribution in [2.45, 2.75) is 63.2 Å². The zero-order chi connectivity index (χ0) is 25.7. The number of carbonyl (C=O) groups is 4. The number of carbonyl (C=O) groups excluding carboxylic acids is 4. The number of primary amides is 1. The van der Waals surface area contributed by atoms with E-state index in [-0.39, 0.29) is 24.3 Å². The summed E-state index contributed by atoms with van der Waals surface area (Å²) < 4.78 is 0. The van der Waals surface area contributed by atoms with Gasteiger partial charge in [-0.3, -0.25) is 19.2 Å². The van der Waals surface area contributed by atoms with Crippen LogP contribution >= 0.6 is 0 Å². The van der Waals surface area contributed by atoms with Crippen LogP contribution in [-0.2, 0) is 19.2 Å². The third-order valence-corrected chi connectivity index (χ3v) is 5.91. The molecule has 12 heteroatoms. The lowest BCUT2D eigenvalue weighted by molar-refractivity contribution is -0.146. The van der Waals surface area contributed by atoms with Gasteiger partial charge in [0.2, 0.25) is 17.7 Å². The topological polar surface area (TPSA) is 211 Å². The lowest BCUT2D eigenvalue weighted by atomic mass is 9.93. The third-order valence-electron chi connectivity index (χ3n) is 5.91. The smallest absolute Gasteiger partial charge is 0.248 e. The average Bonchev–Trinajstić information content (AvgIpc) is 3.16. The Labute approximate surface area is 196 Å². The predicted octanol–water partition coefficient (Wildman–Crippen LogP) is -2.31. The summed E-state index contributed by atoms with van der Waals surface area (Å²) in [5, 5.41) is 53.0. The van der Waals surface area contributed by atoms with Gasteiger partial charge in [0, 0.05) is 6.54 Å². The van der Waals surface area contributed by atoms with Crippen LogP contribution in [0.1, 0.15) is 38.4 Å². The van der Waals surface area contributed by atoms with Crippen LogP contribution in [0.4, 0.5) is 0 Å². The Morgan fingerprint density at radius 2 is 1.74 bits per heavy atom. The van der Waals surface area contributed by atoms with Crippen LogP contribution in [0.15, 0.2) is 24.3 Å². The second-order valence-electron chi connectivity index (χ2n) is 8.48. The van der Waals surface area contributed by atoms with Crippen molar-refractivity contribution in [1.29, 1.82) is 0 Å². The number of nitrogens with one attached hydrogen (secondary N) is 1. The number of phenols is 1. The molecule has 1 aromatic rings. The number of benzene rings is 1. The molecule has 1 heterocycles. The van der Waals surface area contributed by atoms with Gasteiger partial charge >= 0.3 is 0 Å². The molecule has 1 aliphatic heterocycles. The van der Waals surface area contributed by atoms with Gasteiger partial charge in [0.15, 0.2) is 5.78 Å². The van der Waals surface area contributed by atoms with Crippen molar-refractivity contribution < 1.29 is 44.7 Å². The summed E-state index contributed by atoms with van der Waals surface area (Å²) in [6.45, 7) is 2.46. The number of phenolic OH excluding ortho intramolecular Hbond substituents is 1. The molecule has 0 spiro atoms. The van der Waals surface area contributed by atoms with Crippen LogP contribution in [-0.4, -0.2) is 90.9 Å². The van der Waals surface area contributed by atoms with E-state index in [1.165, 1.54) is 38.1 Å². The first-order valence-corrected chi connectivity index (χ1v) is 10.8. The molecule has 8 N–H and O–H groups in total. The minimum Gasteiger partial charge on any atom is -0.508 e. The number of Topliss-reactive ketones (excluding diaryl/α,β-unsaturated/α-hetero) is 1. The highest BCUT2D eigenvalue weighted by atomic mass is 16.3. The average molecular weight is 482 g/mol. The van der Waals surface area contributed by atoms with E-state index in [0.29, 0.717) is 0 Å². The van der Waals surface area contributed by atoms with E-state index in [4.69, 9.17) is 5.73 Å². The van der Waals surface area contributed by atoms with E-state index in [1.54, 1.807) is 0 Å². The molecule has 34 heavy (non-hydrogen) atoms. The number of likely N-dealkylation sites (tertiary alicyclic amines) is 1. The van der Waals surface area contributed by atoms with Crippen molar-refractivity contribution in [2.75, 3.05) is 6.54 Å². The number of nitrogens with zero attached hydrogens (tertiary/aromatic N) is 1. The molecular weight excluding hydrogens is 450 g/mol. The molecule has 0 aromatic heterocycles. The molecule has 3 amide bonds. The number of hydrogen-bond acceptors (Lipinski definition) is 9. The van der Waals surface area contributed by atoms with E-state index in [0.717, 1.165) is 4.90 Å². The summed E-state index contributed by atoms with van der Waals surface area (Å²) in [4.78, 5) is 50.3. The SMILES string of the molecule is CC(=O)[C@@H]1C(O)CCN1C(=O)[C@@H](NC(=O)[C@@H](C)[C@H](O)[C@@H](O)c1ccc(O)cc1)[C@H](O)CC(N)=O. The second-order valence-corrected chi connectivity index (χ2v) is 8.48. The largest absolute Gasteiger partial charge is 0.508 e. The van der Waals surface area contributed by atoms with Crippen molar-refractivity contribution in [1.82, 2.24) is 10.2 Å². The first-order chi connectivity index (χ1) is 15.8. The molecule has 0 radical (unpaired) electrons. The monoisotopic (exact) mass is 481 g/mol. The normalized spacial score (nSPS) is 22.4. The fourth-order valence-corrected chi connectivity index (χ4v) is 3.92. The lowest BCUT2D eigenvalue weighted by Crippen LogP contribution is -2.59. The maximum Gasteiger partial charge on any atom is 0.248 e. The predicted molar refractivity (Wildman–Crippen MR) is 117 cm³/mol. The molecule has 1 saturated heterocycles. The van der Waals surface area contributed by atoms with Crippen LogP contribution in [0.3, 0.4) is 0 Å². The number of aromatic hydroxyl groups is 1. The van der Waals surface area contributed by atoms with Crippen molar-refractivity contribution >= 4 is 23.5 Å². The Morgan fingerprint density at radius 1 is 1.15 bits per heavy atom. The fourth-order valence-electron chi connectivity index (χ4n) is 3.92. The zero-order valence-electron chi connectivity index (χ0n) is 18.9. The van der Waals surface area contributed by atoms with Crippen molar-refractivity contribution in [2.24, 2.45) is 11.7 Å². The number of ketones is 1. The van der Waals surface area contributed by atoms with Gasteiger partial charge in [-0.15, -0.1) is 0 Å². The summed E-state index contributed by atoms with van der Waals surface area (Å²) in [6.07, 6.45) is -6.58. The van der Waals surface area contributed by atoms with E-state index in [2.05, 4.69) is 5.32 Å². The minimum absolute atomic E-state index is 0.0162. The van der Waals surface area contributed by atoms with Gasteiger partial charge in [-0.25, -0.2) is 0 Å². The molecule has 0 saturated carbocycles.